The fourth-order valence-electron chi connectivity index (χ4n) is 1.77. The highest BCUT2D eigenvalue weighted by Crippen LogP contribution is 2.25. The Balaban J connectivity index is 2.42. The zero-order chi connectivity index (χ0) is 13.3. The second-order valence-corrected chi connectivity index (χ2v) is 5.40. The maximum atomic E-state index is 13.7. The Labute approximate surface area is 118 Å². The largest absolute Gasteiger partial charge is 0.320 e. The van der Waals surface area contributed by atoms with Crippen molar-refractivity contribution >= 4 is 22.6 Å². The van der Waals surface area contributed by atoms with Crippen LogP contribution >= 0.6 is 22.6 Å². The molecule has 4 heteroatoms. The summed E-state index contributed by atoms with van der Waals surface area (Å²) in [5.41, 5.74) is 7.54. The maximum Gasteiger partial charge on any atom is 0.131 e. The first-order valence-electron chi connectivity index (χ1n) is 5.45. The first kappa shape index (κ1) is 13.4. The molecule has 0 radical (unpaired) electrons. The van der Waals surface area contributed by atoms with E-state index >= 15 is 0 Å². The highest BCUT2D eigenvalue weighted by molar-refractivity contribution is 14.1. The van der Waals surface area contributed by atoms with Crippen LogP contribution in [0.15, 0.2) is 36.4 Å². The van der Waals surface area contributed by atoms with Crippen molar-refractivity contribution in [3.05, 3.63) is 68.3 Å². The van der Waals surface area contributed by atoms with E-state index in [1.54, 1.807) is 6.92 Å². The van der Waals surface area contributed by atoms with E-state index in [9.17, 15) is 8.78 Å². The first-order chi connectivity index (χ1) is 8.49. The Bertz CT molecular complexity index is 567. The third kappa shape index (κ3) is 2.70. The average molecular weight is 359 g/mol. The van der Waals surface area contributed by atoms with Crippen molar-refractivity contribution in [1.29, 1.82) is 0 Å². The molecule has 0 aromatic heterocycles. The van der Waals surface area contributed by atoms with Crippen LogP contribution in [-0.2, 0) is 0 Å². The number of halogens is 3. The highest BCUT2D eigenvalue weighted by atomic mass is 127. The standard InChI is InChI=1S/C14H12F2IN/c1-8-6-11(13(16)7-12(8)15)14(18)9-2-4-10(17)5-3-9/h2-7,14H,18H2,1H3. The fraction of sp³-hybridized carbons (Fsp3) is 0.143. The van der Waals surface area contributed by atoms with Crippen LogP contribution in [0.2, 0.25) is 0 Å². The third-order valence-corrected chi connectivity index (χ3v) is 3.56. The minimum absolute atomic E-state index is 0.315. The molecule has 1 atom stereocenters. The van der Waals surface area contributed by atoms with Crippen LogP contribution in [0.25, 0.3) is 0 Å². The SMILES string of the molecule is Cc1cc(C(N)c2ccc(I)cc2)c(F)cc1F. The van der Waals surface area contributed by atoms with E-state index in [1.165, 1.54) is 6.07 Å². The first-order valence-corrected chi connectivity index (χ1v) is 6.53. The molecule has 0 bridgehead atoms. The van der Waals surface area contributed by atoms with Crippen LogP contribution in [0.4, 0.5) is 8.78 Å². The summed E-state index contributed by atoms with van der Waals surface area (Å²) in [5, 5.41) is 0. The molecule has 0 amide bonds. The van der Waals surface area contributed by atoms with E-state index < -0.39 is 17.7 Å². The molecule has 2 aromatic rings. The van der Waals surface area contributed by atoms with Gasteiger partial charge in [0.25, 0.3) is 0 Å². The van der Waals surface area contributed by atoms with E-state index in [0.717, 1.165) is 15.2 Å². The summed E-state index contributed by atoms with van der Waals surface area (Å²) in [5.74, 6) is -1.16. The van der Waals surface area contributed by atoms with Gasteiger partial charge in [-0.25, -0.2) is 8.78 Å². The van der Waals surface area contributed by atoms with Gasteiger partial charge in [0.2, 0.25) is 0 Å². The lowest BCUT2D eigenvalue weighted by Gasteiger charge is -2.14. The molecule has 0 aliphatic heterocycles. The Morgan fingerprint density at radius 1 is 1.06 bits per heavy atom. The van der Waals surface area contributed by atoms with Gasteiger partial charge >= 0.3 is 0 Å². The number of hydrogen-bond acceptors (Lipinski definition) is 1. The summed E-state index contributed by atoms with van der Waals surface area (Å²) in [6, 6.07) is 9.29. The predicted octanol–water partition coefficient (Wildman–Crippen LogP) is 3.93. The average Bonchev–Trinajstić information content (AvgIpc) is 2.34. The number of rotatable bonds is 2. The van der Waals surface area contributed by atoms with Crippen LogP contribution in [0, 0.1) is 22.1 Å². The van der Waals surface area contributed by atoms with Crippen molar-refractivity contribution in [2.75, 3.05) is 0 Å². The van der Waals surface area contributed by atoms with Gasteiger partial charge in [-0.1, -0.05) is 12.1 Å². The van der Waals surface area contributed by atoms with Crippen LogP contribution in [0.1, 0.15) is 22.7 Å². The zero-order valence-corrected chi connectivity index (χ0v) is 11.9. The van der Waals surface area contributed by atoms with Crippen LogP contribution < -0.4 is 5.73 Å². The minimum atomic E-state index is -0.607. The zero-order valence-electron chi connectivity index (χ0n) is 9.75. The summed E-state index contributed by atoms with van der Waals surface area (Å²) in [7, 11) is 0. The van der Waals surface area contributed by atoms with E-state index in [0.29, 0.717) is 11.1 Å². The number of aryl methyl sites for hydroxylation is 1. The summed E-state index contributed by atoms with van der Waals surface area (Å²) in [6.45, 7) is 1.60. The smallest absolute Gasteiger partial charge is 0.131 e. The molecular weight excluding hydrogens is 347 g/mol. The van der Waals surface area contributed by atoms with Crippen LogP contribution in [-0.4, -0.2) is 0 Å². The summed E-state index contributed by atoms with van der Waals surface area (Å²) in [4.78, 5) is 0. The van der Waals surface area contributed by atoms with Crippen molar-refractivity contribution in [3.63, 3.8) is 0 Å². The molecule has 2 N–H and O–H groups in total. The van der Waals surface area contributed by atoms with Crippen molar-refractivity contribution in [2.24, 2.45) is 5.73 Å². The normalized spacial score (nSPS) is 12.5. The number of benzene rings is 2. The van der Waals surface area contributed by atoms with Crippen LogP contribution in [0.5, 0.6) is 0 Å². The minimum Gasteiger partial charge on any atom is -0.320 e. The van der Waals surface area contributed by atoms with Crippen molar-refractivity contribution in [2.45, 2.75) is 13.0 Å². The van der Waals surface area contributed by atoms with E-state index in [2.05, 4.69) is 22.6 Å². The molecule has 0 heterocycles. The topological polar surface area (TPSA) is 26.0 Å². The lowest BCUT2D eigenvalue weighted by molar-refractivity contribution is 0.561. The van der Waals surface area contributed by atoms with E-state index in [4.69, 9.17) is 5.73 Å². The van der Waals surface area contributed by atoms with Gasteiger partial charge in [0.1, 0.15) is 11.6 Å². The molecule has 18 heavy (non-hydrogen) atoms. The second-order valence-electron chi connectivity index (χ2n) is 4.15. The van der Waals surface area contributed by atoms with Gasteiger partial charge in [0.05, 0.1) is 6.04 Å². The van der Waals surface area contributed by atoms with Gasteiger partial charge in [0.15, 0.2) is 0 Å². The van der Waals surface area contributed by atoms with E-state index in [-0.39, 0.29) is 0 Å². The van der Waals surface area contributed by atoms with Crippen molar-refractivity contribution < 1.29 is 8.78 Å². The predicted molar refractivity (Wildman–Crippen MR) is 76.3 cm³/mol. The van der Waals surface area contributed by atoms with Crippen molar-refractivity contribution in [3.8, 4) is 0 Å². The van der Waals surface area contributed by atoms with Gasteiger partial charge < -0.3 is 5.73 Å². The molecule has 0 saturated heterocycles. The molecule has 94 valence electrons. The summed E-state index contributed by atoms with van der Waals surface area (Å²) in [6.07, 6.45) is 0. The molecule has 0 aliphatic rings. The Morgan fingerprint density at radius 2 is 1.67 bits per heavy atom. The molecule has 0 saturated carbocycles. The molecule has 1 unspecified atom stereocenters. The number of hydrogen-bond donors (Lipinski definition) is 1. The Morgan fingerprint density at radius 3 is 2.28 bits per heavy atom. The highest BCUT2D eigenvalue weighted by Gasteiger charge is 2.15. The van der Waals surface area contributed by atoms with Gasteiger partial charge in [-0.2, -0.15) is 0 Å². The molecule has 2 aromatic carbocycles. The maximum absolute atomic E-state index is 13.7. The second kappa shape index (κ2) is 5.32. The molecule has 1 nitrogen and oxygen atoms in total. The summed E-state index contributed by atoms with van der Waals surface area (Å²) < 4.78 is 28.0. The quantitative estimate of drug-likeness (QED) is 0.808. The van der Waals surface area contributed by atoms with Gasteiger partial charge in [0, 0.05) is 15.2 Å². The van der Waals surface area contributed by atoms with Crippen molar-refractivity contribution in [1.82, 2.24) is 0 Å². The molecule has 0 spiro atoms. The third-order valence-electron chi connectivity index (χ3n) is 2.84. The lowest BCUT2D eigenvalue weighted by atomic mass is 9.97. The molecule has 0 fully saturated rings. The monoisotopic (exact) mass is 359 g/mol. The molecule has 0 aliphatic carbocycles. The van der Waals surface area contributed by atoms with Crippen LogP contribution in [0.3, 0.4) is 0 Å². The Kier molecular flexibility index (Phi) is 3.97. The lowest BCUT2D eigenvalue weighted by Crippen LogP contribution is -2.14. The molecular formula is C14H12F2IN. The van der Waals surface area contributed by atoms with E-state index in [1.807, 2.05) is 24.3 Å². The Hall–Kier alpha value is -1.01. The fourth-order valence-corrected chi connectivity index (χ4v) is 2.13. The summed E-state index contributed by atoms with van der Waals surface area (Å²) >= 11 is 2.19. The molecule has 2 rings (SSSR count). The van der Waals surface area contributed by atoms with Gasteiger partial charge in [-0.05, 0) is 58.8 Å². The van der Waals surface area contributed by atoms with Gasteiger partial charge in [-0.15, -0.1) is 0 Å². The number of nitrogens with two attached hydrogens (primary N) is 1. The van der Waals surface area contributed by atoms with Gasteiger partial charge in [-0.3, -0.25) is 0 Å².